The number of nitrogens with one attached hydrogen (secondary N) is 1. The molecule has 3 aromatic rings. The number of anilines is 1. The third-order valence-corrected chi connectivity index (χ3v) is 6.32. The number of rotatable bonds is 10. The number of amides is 1. The van der Waals surface area contributed by atoms with Crippen LogP contribution in [0.3, 0.4) is 0 Å². The number of carbonyl (C=O) groups is 1. The fraction of sp³-hybridized carbons (Fsp3) is 0.417. The number of ether oxygens (including phenoxy) is 2. The maximum atomic E-state index is 12.3. The van der Waals surface area contributed by atoms with Crippen LogP contribution in [0, 0.1) is 0 Å². The van der Waals surface area contributed by atoms with Crippen LogP contribution in [0.2, 0.25) is 0 Å². The van der Waals surface area contributed by atoms with Crippen LogP contribution in [0.5, 0.6) is 11.5 Å². The number of aromatic nitrogens is 4. The summed E-state index contributed by atoms with van der Waals surface area (Å²) in [7, 11) is 3.17. The van der Waals surface area contributed by atoms with Crippen molar-refractivity contribution < 1.29 is 14.3 Å². The monoisotopic (exact) mass is 482 g/mol. The molecular formula is C24H30N6O3S. The highest BCUT2D eigenvalue weighted by Gasteiger charge is 2.20. The van der Waals surface area contributed by atoms with Gasteiger partial charge in [-0.25, -0.2) is 14.6 Å². The first-order valence-electron chi connectivity index (χ1n) is 11.4. The molecule has 1 aromatic carbocycles. The number of thioether (sulfide) groups is 1. The summed E-state index contributed by atoms with van der Waals surface area (Å²) < 4.78 is 12.4. The molecule has 1 saturated heterocycles. The van der Waals surface area contributed by atoms with Crippen molar-refractivity contribution in [2.45, 2.75) is 31.5 Å². The van der Waals surface area contributed by atoms with Crippen LogP contribution in [0.25, 0.3) is 17.1 Å². The Labute approximate surface area is 203 Å². The minimum absolute atomic E-state index is 0.180. The quantitative estimate of drug-likeness (QED) is 0.267. The molecule has 0 unspecified atom stereocenters. The molecule has 1 aliphatic rings. The lowest BCUT2D eigenvalue weighted by molar-refractivity contribution is -0.116. The highest BCUT2D eigenvalue weighted by atomic mass is 32.2. The SMILES string of the molecule is CCSc1nc(N2CCCC2)c2cnn(CCNC(=O)C=Cc3ccc(OC)c(OC)c3)c2n1. The number of carbonyl (C=O) groups excluding carboxylic acids is 1. The van der Waals surface area contributed by atoms with Gasteiger partial charge in [0.2, 0.25) is 5.91 Å². The highest BCUT2D eigenvalue weighted by molar-refractivity contribution is 7.99. The van der Waals surface area contributed by atoms with E-state index in [4.69, 9.17) is 19.4 Å². The summed E-state index contributed by atoms with van der Waals surface area (Å²) in [5, 5.41) is 9.18. The average molecular weight is 483 g/mol. The van der Waals surface area contributed by atoms with Crippen LogP contribution in [0.15, 0.2) is 35.6 Å². The zero-order chi connectivity index (χ0) is 23.9. The molecule has 0 bridgehead atoms. The van der Waals surface area contributed by atoms with Gasteiger partial charge >= 0.3 is 0 Å². The Morgan fingerprint density at radius 2 is 1.97 bits per heavy atom. The van der Waals surface area contributed by atoms with E-state index in [1.165, 1.54) is 18.9 Å². The van der Waals surface area contributed by atoms with E-state index in [2.05, 4.69) is 22.2 Å². The molecule has 0 aliphatic carbocycles. The van der Waals surface area contributed by atoms with Crippen molar-refractivity contribution in [3.05, 3.63) is 36.0 Å². The average Bonchev–Trinajstić information content (AvgIpc) is 3.53. The normalized spacial score (nSPS) is 13.7. The fourth-order valence-corrected chi connectivity index (χ4v) is 4.48. The molecule has 34 heavy (non-hydrogen) atoms. The smallest absolute Gasteiger partial charge is 0.244 e. The van der Waals surface area contributed by atoms with Crippen LogP contribution in [0.4, 0.5) is 5.82 Å². The van der Waals surface area contributed by atoms with Crippen LogP contribution < -0.4 is 19.7 Å². The Balaban J connectivity index is 1.41. The lowest BCUT2D eigenvalue weighted by Crippen LogP contribution is -2.26. The lowest BCUT2D eigenvalue weighted by atomic mass is 10.2. The maximum absolute atomic E-state index is 12.3. The molecule has 1 amide bonds. The van der Waals surface area contributed by atoms with E-state index in [-0.39, 0.29) is 5.91 Å². The van der Waals surface area contributed by atoms with E-state index in [0.717, 1.165) is 46.4 Å². The van der Waals surface area contributed by atoms with Crippen molar-refractivity contribution in [1.82, 2.24) is 25.1 Å². The number of nitrogens with zero attached hydrogens (tertiary/aromatic N) is 5. The van der Waals surface area contributed by atoms with Gasteiger partial charge in [0.05, 0.1) is 32.3 Å². The van der Waals surface area contributed by atoms with Crippen molar-refractivity contribution in [1.29, 1.82) is 0 Å². The van der Waals surface area contributed by atoms with Gasteiger partial charge in [-0.1, -0.05) is 24.8 Å². The Morgan fingerprint density at radius 3 is 2.71 bits per heavy atom. The minimum Gasteiger partial charge on any atom is -0.493 e. The maximum Gasteiger partial charge on any atom is 0.244 e. The van der Waals surface area contributed by atoms with Gasteiger partial charge in [-0.2, -0.15) is 5.10 Å². The molecule has 0 saturated carbocycles. The van der Waals surface area contributed by atoms with Gasteiger partial charge in [0.1, 0.15) is 5.82 Å². The van der Waals surface area contributed by atoms with Crippen LogP contribution >= 0.6 is 11.8 Å². The van der Waals surface area contributed by atoms with Gasteiger partial charge in [-0.3, -0.25) is 4.79 Å². The summed E-state index contributed by atoms with van der Waals surface area (Å²) in [6.45, 7) is 5.07. The lowest BCUT2D eigenvalue weighted by Gasteiger charge is -2.17. The Kier molecular flexibility index (Phi) is 7.89. The number of hydrogen-bond donors (Lipinski definition) is 1. The summed E-state index contributed by atoms with van der Waals surface area (Å²) in [6, 6.07) is 5.50. The molecule has 3 heterocycles. The fourth-order valence-electron chi connectivity index (χ4n) is 3.92. The predicted octanol–water partition coefficient (Wildman–Crippen LogP) is 3.39. The minimum atomic E-state index is -0.180. The first-order chi connectivity index (χ1) is 16.6. The molecule has 0 spiro atoms. The Morgan fingerprint density at radius 1 is 1.18 bits per heavy atom. The van der Waals surface area contributed by atoms with Gasteiger partial charge in [0, 0.05) is 25.7 Å². The van der Waals surface area contributed by atoms with E-state index in [9.17, 15) is 4.79 Å². The molecule has 10 heteroatoms. The first kappa shape index (κ1) is 23.9. The second-order valence-corrected chi connectivity index (χ2v) is 9.03. The largest absolute Gasteiger partial charge is 0.493 e. The molecule has 1 N–H and O–H groups in total. The molecule has 2 aromatic heterocycles. The topological polar surface area (TPSA) is 94.4 Å². The van der Waals surface area contributed by atoms with Crippen molar-refractivity contribution in [3.8, 4) is 11.5 Å². The number of fused-ring (bicyclic) bond motifs is 1. The van der Waals surface area contributed by atoms with Crippen molar-refractivity contribution in [2.24, 2.45) is 0 Å². The molecular weight excluding hydrogens is 452 g/mol. The van der Waals surface area contributed by atoms with E-state index in [1.54, 1.807) is 32.1 Å². The third kappa shape index (κ3) is 5.44. The standard InChI is InChI=1S/C24H30N6O3S/c1-4-34-24-27-22(29-12-5-6-13-29)18-16-26-30(23(18)28-24)14-11-25-21(31)10-8-17-7-9-19(32-2)20(15-17)33-3/h7-10,15-16H,4-6,11-14H2,1-3H3,(H,25,31). The Bertz CT molecular complexity index is 1170. The number of methoxy groups -OCH3 is 2. The summed E-state index contributed by atoms with van der Waals surface area (Å²) in [6.07, 6.45) is 7.44. The third-order valence-electron chi connectivity index (χ3n) is 5.59. The molecule has 4 rings (SSSR count). The highest BCUT2D eigenvalue weighted by Crippen LogP contribution is 2.29. The van der Waals surface area contributed by atoms with Crippen LogP contribution in [-0.2, 0) is 11.3 Å². The summed E-state index contributed by atoms with van der Waals surface area (Å²) in [5.41, 5.74) is 1.65. The van der Waals surface area contributed by atoms with Crippen LogP contribution in [-0.4, -0.2) is 65.3 Å². The van der Waals surface area contributed by atoms with E-state index < -0.39 is 0 Å². The summed E-state index contributed by atoms with van der Waals surface area (Å²) in [5.74, 6) is 2.95. The molecule has 180 valence electrons. The predicted molar refractivity (Wildman–Crippen MR) is 135 cm³/mol. The van der Waals surface area contributed by atoms with Gasteiger partial charge in [-0.15, -0.1) is 0 Å². The van der Waals surface area contributed by atoms with E-state index >= 15 is 0 Å². The summed E-state index contributed by atoms with van der Waals surface area (Å²) >= 11 is 1.63. The van der Waals surface area contributed by atoms with Crippen LogP contribution in [0.1, 0.15) is 25.3 Å². The molecule has 1 aliphatic heterocycles. The van der Waals surface area contributed by atoms with Gasteiger partial charge in [0.15, 0.2) is 22.3 Å². The van der Waals surface area contributed by atoms with Crippen molar-refractivity contribution in [3.63, 3.8) is 0 Å². The Hall–Kier alpha value is -3.27. The first-order valence-corrected chi connectivity index (χ1v) is 12.4. The summed E-state index contributed by atoms with van der Waals surface area (Å²) in [4.78, 5) is 24.2. The van der Waals surface area contributed by atoms with E-state index in [1.807, 2.05) is 29.1 Å². The second kappa shape index (κ2) is 11.2. The van der Waals surface area contributed by atoms with Gasteiger partial charge in [-0.05, 0) is 42.4 Å². The van der Waals surface area contributed by atoms with E-state index in [0.29, 0.717) is 24.6 Å². The molecule has 1 fully saturated rings. The zero-order valence-corrected chi connectivity index (χ0v) is 20.6. The number of hydrogen-bond acceptors (Lipinski definition) is 8. The second-order valence-electron chi connectivity index (χ2n) is 7.80. The van der Waals surface area contributed by atoms with Gasteiger partial charge in [0.25, 0.3) is 0 Å². The molecule has 9 nitrogen and oxygen atoms in total. The van der Waals surface area contributed by atoms with Crippen molar-refractivity contribution >= 4 is 40.6 Å². The molecule has 0 atom stereocenters. The zero-order valence-electron chi connectivity index (χ0n) is 19.8. The van der Waals surface area contributed by atoms with Gasteiger partial charge < -0.3 is 19.7 Å². The number of benzene rings is 1. The molecule has 0 radical (unpaired) electrons. The van der Waals surface area contributed by atoms with Crippen molar-refractivity contribution in [2.75, 3.05) is 44.5 Å².